The third-order valence-electron chi connectivity index (χ3n) is 4.53. The zero-order chi connectivity index (χ0) is 23.4. The summed E-state index contributed by atoms with van der Waals surface area (Å²) in [5.74, 6) is 0.383. The van der Waals surface area contributed by atoms with Gasteiger partial charge in [-0.15, -0.1) is 0 Å². The summed E-state index contributed by atoms with van der Waals surface area (Å²) >= 11 is 0. The van der Waals surface area contributed by atoms with Gasteiger partial charge >= 0.3 is 12.2 Å². The second-order valence-corrected chi connectivity index (χ2v) is 8.30. The van der Waals surface area contributed by atoms with Gasteiger partial charge in [-0.2, -0.15) is 0 Å². The van der Waals surface area contributed by atoms with E-state index in [0.717, 1.165) is 38.5 Å². The van der Waals surface area contributed by atoms with Crippen LogP contribution in [0.25, 0.3) is 0 Å². The van der Waals surface area contributed by atoms with Crippen LogP contribution in [-0.2, 0) is 18.9 Å². The highest BCUT2D eigenvalue weighted by Crippen LogP contribution is 2.26. The molecule has 0 saturated carbocycles. The summed E-state index contributed by atoms with van der Waals surface area (Å²) in [6.45, 7) is 16.3. The van der Waals surface area contributed by atoms with E-state index in [0.29, 0.717) is 45.4 Å². The van der Waals surface area contributed by atoms with Gasteiger partial charge in [0.1, 0.15) is 0 Å². The molecule has 0 aromatic rings. The maximum Gasteiger partial charge on any atom is 0.407 e. The van der Waals surface area contributed by atoms with E-state index in [2.05, 4.69) is 44.6 Å². The maximum atomic E-state index is 11.8. The fourth-order valence-corrected chi connectivity index (χ4v) is 3.02. The second kappa shape index (κ2) is 18.4. The molecule has 0 heterocycles. The number of nitrogens with one attached hydrogen (secondary N) is 2. The van der Waals surface area contributed by atoms with Crippen LogP contribution in [0.2, 0.25) is 0 Å². The summed E-state index contributed by atoms with van der Waals surface area (Å²) in [4.78, 5) is 23.5. The Kier molecular flexibility index (Phi) is 17.0. The Morgan fingerprint density at radius 1 is 0.871 bits per heavy atom. The Hall–Kier alpha value is -2.38. The predicted molar refractivity (Wildman–Crippen MR) is 122 cm³/mol. The van der Waals surface area contributed by atoms with Crippen molar-refractivity contribution in [3.63, 3.8) is 0 Å². The highest BCUT2D eigenvalue weighted by atomic mass is 16.6. The molecular formula is C23H42N2O6. The van der Waals surface area contributed by atoms with Gasteiger partial charge in [0.2, 0.25) is 0 Å². The van der Waals surface area contributed by atoms with Crippen molar-refractivity contribution in [2.24, 2.45) is 11.3 Å². The maximum absolute atomic E-state index is 11.8. The van der Waals surface area contributed by atoms with Crippen LogP contribution in [0.4, 0.5) is 9.59 Å². The minimum Gasteiger partial charge on any atom is -0.502 e. The standard InChI is InChI=1S/C23H42N2O6/c1-6-28-14-8-10-16-30-21(26)24-13-12-20(3)18-23(4,5)19-25-22(27)31-17-11-9-15-29-7-2/h6-7,20H,1-2,8-19H2,3-5H3,(H,24,26)(H,25,27). The van der Waals surface area contributed by atoms with E-state index in [1.807, 2.05) is 0 Å². The van der Waals surface area contributed by atoms with Gasteiger partial charge < -0.3 is 29.6 Å². The summed E-state index contributed by atoms with van der Waals surface area (Å²) < 4.78 is 20.3. The Bertz CT molecular complexity index is 510. The molecule has 0 fully saturated rings. The highest BCUT2D eigenvalue weighted by molar-refractivity contribution is 5.67. The first-order valence-corrected chi connectivity index (χ1v) is 11.1. The summed E-state index contributed by atoms with van der Waals surface area (Å²) in [5.41, 5.74) is -0.0791. The van der Waals surface area contributed by atoms with E-state index in [1.165, 1.54) is 12.5 Å². The average Bonchev–Trinajstić information content (AvgIpc) is 2.71. The molecule has 0 aliphatic rings. The molecule has 0 spiro atoms. The normalized spacial score (nSPS) is 11.7. The predicted octanol–water partition coefficient (Wildman–Crippen LogP) is 4.76. The molecule has 0 saturated heterocycles. The molecule has 2 amide bonds. The van der Waals surface area contributed by atoms with Crippen LogP contribution in [0.3, 0.4) is 0 Å². The van der Waals surface area contributed by atoms with Gasteiger partial charge in [0.05, 0.1) is 39.0 Å². The van der Waals surface area contributed by atoms with Crippen molar-refractivity contribution in [1.82, 2.24) is 10.6 Å². The van der Waals surface area contributed by atoms with Crippen molar-refractivity contribution in [1.29, 1.82) is 0 Å². The van der Waals surface area contributed by atoms with Crippen LogP contribution in [0, 0.1) is 11.3 Å². The quantitative estimate of drug-likeness (QED) is 0.221. The molecule has 0 rings (SSSR count). The first-order chi connectivity index (χ1) is 14.8. The van der Waals surface area contributed by atoms with E-state index < -0.39 is 12.2 Å². The lowest BCUT2D eigenvalue weighted by Crippen LogP contribution is -2.36. The van der Waals surface area contributed by atoms with E-state index in [1.54, 1.807) is 0 Å². The third kappa shape index (κ3) is 19.3. The third-order valence-corrected chi connectivity index (χ3v) is 4.53. The molecular weight excluding hydrogens is 400 g/mol. The Morgan fingerprint density at radius 2 is 1.35 bits per heavy atom. The highest BCUT2D eigenvalue weighted by Gasteiger charge is 2.22. The monoisotopic (exact) mass is 442 g/mol. The summed E-state index contributed by atoms with van der Waals surface area (Å²) in [6.07, 6.45) is 6.90. The molecule has 0 aliphatic carbocycles. The average molecular weight is 443 g/mol. The van der Waals surface area contributed by atoms with Gasteiger partial charge in [-0.05, 0) is 49.9 Å². The Balaban J connectivity index is 3.81. The molecule has 0 radical (unpaired) electrons. The second-order valence-electron chi connectivity index (χ2n) is 8.30. The topological polar surface area (TPSA) is 95.1 Å². The molecule has 0 bridgehead atoms. The first-order valence-electron chi connectivity index (χ1n) is 11.1. The molecule has 0 aromatic carbocycles. The van der Waals surface area contributed by atoms with Crippen molar-refractivity contribution in [2.75, 3.05) is 39.5 Å². The van der Waals surface area contributed by atoms with Crippen LogP contribution in [0.1, 0.15) is 59.3 Å². The number of carbonyl (C=O) groups excluding carboxylic acids is 2. The van der Waals surface area contributed by atoms with Crippen molar-refractivity contribution < 1.29 is 28.5 Å². The smallest absolute Gasteiger partial charge is 0.407 e. The molecule has 0 aromatic heterocycles. The van der Waals surface area contributed by atoms with Crippen LogP contribution in [-0.4, -0.2) is 51.7 Å². The van der Waals surface area contributed by atoms with Crippen molar-refractivity contribution in [3.8, 4) is 0 Å². The molecule has 0 aliphatic heterocycles. The van der Waals surface area contributed by atoms with Gasteiger partial charge in [-0.25, -0.2) is 9.59 Å². The van der Waals surface area contributed by atoms with Gasteiger partial charge in [-0.1, -0.05) is 33.9 Å². The summed E-state index contributed by atoms with van der Waals surface area (Å²) in [6, 6.07) is 0. The zero-order valence-corrected chi connectivity index (χ0v) is 19.6. The van der Waals surface area contributed by atoms with Crippen LogP contribution >= 0.6 is 0 Å². The largest absolute Gasteiger partial charge is 0.502 e. The number of alkyl carbamates (subject to hydrolysis) is 2. The minimum atomic E-state index is -0.397. The number of ether oxygens (including phenoxy) is 4. The minimum absolute atomic E-state index is 0.0791. The van der Waals surface area contributed by atoms with Crippen molar-refractivity contribution in [3.05, 3.63) is 25.7 Å². The number of amides is 2. The molecule has 8 heteroatoms. The Morgan fingerprint density at radius 3 is 1.87 bits per heavy atom. The van der Waals surface area contributed by atoms with E-state index in [-0.39, 0.29) is 5.41 Å². The van der Waals surface area contributed by atoms with E-state index in [4.69, 9.17) is 18.9 Å². The van der Waals surface area contributed by atoms with Gasteiger partial charge in [-0.3, -0.25) is 0 Å². The van der Waals surface area contributed by atoms with E-state index >= 15 is 0 Å². The van der Waals surface area contributed by atoms with Gasteiger partial charge in [0.15, 0.2) is 0 Å². The van der Waals surface area contributed by atoms with Gasteiger partial charge in [0.25, 0.3) is 0 Å². The number of hydrogen-bond acceptors (Lipinski definition) is 6. The van der Waals surface area contributed by atoms with Gasteiger partial charge in [0, 0.05) is 13.1 Å². The SMILES string of the molecule is C=COCCCCOC(=O)NCCC(C)CC(C)(C)CNC(=O)OCCCCOC=C. The van der Waals surface area contributed by atoms with E-state index in [9.17, 15) is 9.59 Å². The molecule has 8 nitrogen and oxygen atoms in total. The summed E-state index contributed by atoms with van der Waals surface area (Å²) in [7, 11) is 0. The lowest BCUT2D eigenvalue weighted by atomic mass is 9.82. The number of rotatable bonds is 19. The molecule has 31 heavy (non-hydrogen) atoms. The molecule has 2 N–H and O–H groups in total. The summed E-state index contributed by atoms with van der Waals surface area (Å²) in [5, 5.41) is 5.61. The fourth-order valence-electron chi connectivity index (χ4n) is 3.02. The number of carbonyl (C=O) groups is 2. The fraction of sp³-hybridized carbons (Fsp3) is 0.739. The van der Waals surface area contributed by atoms with Crippen LogP contribution < -0.4 is 10.6 Å². The molecule has 1 atom stereocenters. The lowest BCUT2D eigenvalue weighted by molar-refractivity contribution is 0.132. The zero-order valence-electron chi connectivity index (χ0n) is 19.6. The number of unbranched alkanes of at least 4 members (excludes halogenated alkanes) is 2. The molecule has 1 unspecified atom stereocenters. The molecule has 180 valence electrons. The van der Waals surface area contributed by atoms with Crippen LogP contribution in [0.15, 0.2) is 25.7 Å². The Labute approximate surface area is 187 Å². The lowest BCUT2D eigenvalue weighted by Gasteiger charge is -2.28. The van der Waals surface area contributed by atoms with Crippen molar-refractivity contribution >= 4 is 12.2 Å². The van der Waals surface area contributed by atoms with Crippen LogP contribution in [0.5, 0.6) is 0 Å². The number of hydrogen-bond donors (Lipinski definition) is 2. The first kappa shape index (κ1) is 28.6. The van der Waals surface area contributed by atoms with Crippen molar-refractivity contribution in [2.45, 2.75) is 59.3 Å².